The van der Waals surface area contributed by atoms with E-state index in [1.54, 1.807) is 51.1 Å². The van der Waals surface area contributed by atoms with E-state index in [0.29, 0.717) is 11.3 Å². The summed E-state index contributed by atoms with van der Waals surface area (Å²) in [6.07, 6.45) is 2.18. The van der Waals surface area contributed by atoms with Crippen molar-refractivity contribution in [2.45, 2.75) is 39.3 Å². The number of hydrogen-bond acceptors (Lipinski definition) is 5. The Morgan fingerprint density at radius 2 is 1.84 bits per heavy atom. The minimum Gasteiger partial charge on any atom is -0.444 e. The third kappa shape index (κ3) is 5.88. The smallest absolute Gasteiger partial charge is 0.408 e. The molecule has 9 heteroatoms. The largest absolute Gasteiger partial charge is 0.444 e. The normalized spacial score (nSPS) is 12.2. The quantitative estimate of drug-likeness (QED) is 0.637. The summed E-state index contributed by atoms with van der Waals surface area (Å²) in [6.45, 7) is 7.19. The highest BCUT2D eigenvalue weighted by Crippen LogP contribution is 2.19. The number of hydrogen-bond donors (Lipinski definition) is 2. The van der Waals surface area contributed by atoms with Gasteiger partial charge >= 0.3 is 6.09 Å². The second-order valence-corrected chi connectivity index (χ2v) is 7.95. The van der Waals surface area contributed by atoms with E-state index < -0.39 is 17.5 Å². The zero-order valence-electron chi connectivity index (χ0n) is 17.7. The van der Waals surface area contributed by atoms with Crippen LogP contribution in [0.4, 0.5) is 14.9 Å². The van der Waals surface area contributed by atoms with Crippen LogP contribution in [0, 0.1) is 5.82 Å². The van der Waals surface area contributed by atoms with Gasteiger partial charge in [-0.1, -0.05) is 12.1 Å². The van der Waals surface area contributed by atoms with Gasteiger partial charge in [0.2, 0.25) is 0 Å². The summed E-state index contributed by atoms with van der Waals surface area (Å²) in [5.41, 5.74) is 1.17. The number of rotatable bonds is 5. The second-order valence-electron chi connectivity index (χ2n) is 7.95. The molecule has 2 amide bonds. The Bertz CT molecular complexity index is 1060. The fourth-order valence-corrected chi connectivity index (χ4v) is 2.80. The van der Waals surface area contributed by atoms with Gasteiger partial charge in [0.1, 0.15) is 23.9 Å². The van der Waals surface area contributed by atoms with Crippen molar-refractivity contribution in [1.82, 2.24) is 20.1 Å². The number of nitrogens with one attached hydrogen (secondary N) is 2. The lowest BCUT2D eigenvalue weighted by Crippen LogP contribution is -2.34. The van der Waals surface area contributed by atoms with Gasteiger partial charge < -0.3 is 15.4 Å². The van der Waals surface area contributed by atoms with Gasteiger partial charge in [0.25, 0.3) is 5.91 Å². The highest BCUT2D eigenvalue weighted by molar-refractivity contribution is 6.04. The van der Waals surface area contributed by atoms with E-state index >= 15 is 0 Å². The van der Waals surface area contributed by atoms with Crippen LogP contribution in [0.5, 0.6) is 0 Å². The zero-order valence-corrected chi connectivity index (χ0v) is 17.7. The molecule has 8 nitrogen and oxygen atoms in total. The van der Waals surface area contributed by atoms with Crippen LogP contribution in [0.3, 0.4) is 0 Å². The van der Waals surface area contributed by atoms with Crippen LogP contribution < -0.4 is 10.6 Å². The first kappa shape index (κ1) is 21.9. The van der Waals surface area contributed by atoms with Crippen molar-refractivity contribution in [2.24, 2.45) is 0 Å². The minimum absolute atomic E-state index is 0.228. The molecule has 0 aliphatic rings. The highest BCUT2D eigenvalue weighted by atomic mass is 19.1. The topological polar surface area (TPSA) is 98.1 Å². The molecule has 1 aromatic heterocycles. The molecule has 2 N–H and O–H groups in total. The predicted octanol–water partition coefficient (Wildman–Crippen LogP) is 4.24. The Labute approximate surface area is 179 Å². The van der Waals surface area contributed by atoms with Crippen molar-refractivity contribution >= 4 is 17.7 Å². The summed E-state index contributed by atoms with van der Waals surface area (Å²) in [6, 6.07) is 10.8. The molecule has 0 aliphatic heterocycles. The van der Waals surface area contributed by atoms with Gasteiger partial charge in [0, 0.05) is 11.3 Å². The molecule has 0 saturated carbocycles. The maximum Gasteiger partial charge on any atom is 0.408 e. The number of carbonyl (C=O) groups is 2. The molecule has 162 valence electrons. The number of amides is 2. The van der Waals surface area contributed by atoms with E-state index in [2.05, 4.69) is 20.7 Å². The van der Waals surface area contributed by atoms with Crippen LogP contribution in [-0.2, 0) is 4.74 Å². The molecule has 0 bridgehead atoms. The van der Waals surface area contributed by atoms with Gasteiger partial charge in [-0.3, -0.25) is 4.79 Å². The molecule has 0 saturated heterocycles. The van der Waals surface area contributed by atoms with Gasteiger partial charge in [-0.05, 0) is 63.6 Å². The van der Waals surface area contributed by atoms with Crippen molar-refractivity contribution in [3.8, 4) is 5.69 Å². The van der Waals surface area contributed by atoms with Gasteiger partial charge in [-0.2, -0.15) is 5.10 Å². The lowest BCUT2D eigenvalue weighted by atomic mass is 10.1. The number of anilines is 1. The van der Waals surface area contributed by atoms with Crippen molar-refractivity contribution in [2.75, 3.05) is 5.32 Å². The molecular formula is C22H24FN5O3. The average Bonchev–Trinajstić information content (AvgIpc) is 3.21. The van der Waals surface area contributed by atoms with Crippen molar-refractivity contribution in [3.63, 3.8) is 0 Å². The van der Waals surface area contributed by atoms with Gasteiger partial charge in [-0.15, -0.1) is 0 Å². The molecule has 31 heavy (non-hydrogen) atoms. The Balaban J connectivity index is 1.63. The van der Waals surface area contributed by atoms with Crippen LogP contribution in [0.1, 0.15) is 49.7 Å². The van der Waals surface area contributed by atoms with Crippen LogP contribution in [-0.4, -0.2) is 32.4 Å². The summed E-state index contributed by atoms with van der Waals surface area (Å²) in [7, 11) is 0. The maximum atomic E-state index is 14.3. The number of carbonyl (C=O) groups excluding carboxylic acids is 2. The Hall–Kier alpha value is -3.75. The Morgan fingerprint density at radius 3 is 2.42 bits per heavy atom. The average molecular weight is 425 g/mol. The first-order valence-electron chi connectivity index (χ1n) is 9.68. The van der Waals surface area contributed by atoms with Crippen molar-refractivity contribution in [3.05, 3.63) is 72.1 Å². The molecule has 0 radical (unpaired) electrons. The van der Waals surface area contributed by atoms with E-state index in [1.165, 1.54) is 29.5 Å². The molecule has 0 spiro atoms. The summed E-state index contributed by atoms with van der Waals surface area (Å²) in [5, 5.41) is 9.30. The maximum absolute atomic E-state index is 14.3. The molecule has 1 heterocycles. The van der Waals surface area contributed by atoms with E-state index in [4.69, 9.17) is 4.74 Å². The summed E-state index contributed by atoms with van der Waals surface area (Å²) >= 11 is 0. The molecule has 3 rings (SSSR count). The van der Waals surface area contributed by atoms with Crippen LogP contribution in [0.15, 0.2) is 55.1 Å². The molecular weight excluding hydrogens is 401 g/mol. The lowest BCUT2D eigenvalue weighted by Gasteiger charge is -2.22. The zero-order chi connectivity index (χ0) is 22.6. The van der Waals surface area contributed by atoms with Crippen LogP contribution in [0.25, 0.3) is 5.69 Å². The highest BCUT2D eigenvalue weighted by Gasteiger charge is 2.18. The Morgan fingerprint density at radius 1 is 1.13 bits per heavy atom. The fourth-order valence-electron chi connectivity index (χ4n) is 2.80. The standard InChI is InChI=1S/C22H24FN5O3/c1-14(26-21(30)31-22(2,3)4)15-5-7-16(8-6-15)20(29)27-17-9-10-19(18(23)11-17)28-13-24-12-25-28/h5-14H,1-4H3,(H,26,30)(H,27,29). The molecule has 1 unspecified atom stereocenters. The number of ether oxygens (including phenoxy) is 1. The van der Waals surface area contributed by atoms with Crippen molar-refractivity contribution in [1.29, 1.82) is 0 Å². The summed E-state index contributed by atoms with van der Waals surface area (Å²) < 4.78 is 20.9. The fraction of sp³-hybridized carbons (Fsp3) is 0.273. The van der Waals surface area contributed by atoms with Gasteiger partial charge in [0.15, 0.2) is 5.82 Å². The summed E-state index contributed by atoms with van der Waals surface area (Å²) in [5.74, 6) is -0.923. The minimum atomic E-state index is -0.585. The molecule has 0 aliphatic carbocycles. The monoisotopic (exact) mass is 425 g/mol. The SMILES string of the molecule is CC(NC(=O)OC(C)(C)C)c1ccc(C(=O)Nc2ccc(-n3cncn3)c(F)c2)cc1. The van der Waals surface area contributed by atoms with E-state index in [0.717, 1.165) is 5.56 Å². The first-order valence-corrected chi connectivity index (χ1v) is 9.68. The number of benzene rings is 2. The molecule has 3 aromatic rings. The summed E-state index contributed by atoms with van der Waals surface area (Å²) in [4.78, 5) is 28.2. The number of halogens is 1. The number of alkyl carbamates (subject to hydrolysis) is 1. The van der Waals surface area contributed by atoms with Crippen LogP contribution in [0.2, 0.25) is 0 Å². The van der Waals surface area contributed by atoms with E-state index in [1.807, 2.05) is 6.92 Å². The van der Waals surface area contributed by atoms with Crippen LogP contribution >= 0.6 is 0 Å². The molecule has 0 fully saturated rings. The van der Waals surface area contributed by atoms with E-state index in [-0.39, 0.29) is 17.6 Å². The van der Waals surface area contributed by atoms with Crippen molar-refractivity contribution < 1.29 is 18.7 Å². The first-order chi connectivity index (χ1) is 14.6. The molecule has 1 atom stereocenters. The van der Waals surface area contributed by atoms with E-state index in [9.17, 15) is 14.0 Å². The Kier molecular flexibility index (Phi) is 6.33. The predicted molar refractivity (Wildman–Crippen MR) is 113 cm³/mol. The number of aromatic nitrogens is 3. The third-order valence-corrected chi connectivity index (χ3v) is 4.28. The molecule has 2 aromatic carbocycles. The van der Waals surface area contributed by atoms with Gasteiger partial charge in [-0.25, -0.2) is 18.9 Å². The lowest BCUT2D eigenvalue weighted by molar-refractivity contribution is 0.0507. The third-order valence-electron chi connectivity index (χ3n) is 4.28. The number of nitrogens with zero attached hydrogens (tertiary/aromatic N) is 3. The van der Waals surface area contributed by atoms with Gasteiger partial charge in [0.05, 0.1) is 6.04 Å². The second kappa shape index (κ2) is 8.95.